The number of hydrogen-bond acceptors (Lipinski definition) is 2. The normalized spacial score (nSPS) is 11.3. The average Bonchev–Trinajstić information content (AvgIpc) is 2.44. The van der Waals surface area contributed by atoms with Crippen molar-refractivity contribution in [1.82, 2.24) is 0 Å². The van der Waals surface area contributed by atoms with Crippen molar-refractivity contribution in [3.8, 4) is 5.75 Å². The smallest absolute Gasteiger partial charge is 0.421 e. The molecule has 0 N–H and O–H groups in total. The maximum atomic E-state index is 13.2. The number of carbonyl (C=O) groups excluding carboxylic acids is 1. The van der Waals surface area contributed by atoms with Crippen LogP contribution in [0.3, 0.4) is 0 Å². The van der Waals surface area contributed by atoms with Gasteiger partial charge in [-0.15, -0.1) is 0 Å². The lowest BCUT2D eigenvalue weighted by Crippen LogP contribution is -2.12. The lowest BCUT2D eigenvalue weighted by molar-refractivity contribution is -0.138. The third kappa shape index (κ3) is 3.60. The molecule has 0 aliphatic heterocycles. The first-order valence-corrected chi connectivity index (χ1v) is 6.76. The van der Waals surface area contributed by atoms with E-state index >= 15 is 0 Å². The van der Waals surface area contributed by atoms with Crippen LogP contribution in [0.2, 0.25) is 5.02 Å². The number of halogens is 4. The SMILES string of the molecule is CC(=O)c1ccc(OCc2ccccc2)c(C(F)(F)F)c1Cl. The summed E-state index contributed by atoms with van der Waals surface area (Å²) in [7, 11) is 0. The fourth-order valence-electron chi connectivity index (χ4n) is 1.95. The van der Waals surface area contributed by atoms with Gasteiger partial charge in [0, 0.05) is 5.56 Å². The Labute approximate surface area is 130 Å². The van der Waals surface area contributed by atoms with Crippen molar-refractivity contribution in [3.63, 3.8) is 0 Å². The second-order valence-electron chi connectivity index (χ2n) is 4.63. The Hall–Kier alpha value is -2.01. The molecule has 0 aliphatic rings. The van der Waals surface area contributed by atoms with Gasteiger partial charge >= 0.3 is 6.18 Å². The molecule has 2 aromatic carbocycles. The Balaban J connectivity index is 2.39. The summed E-state index contributed by atoms with van der Waals surface area (Å²) >= 11 is 5.75. The minimum Gasteiger partial charge on any atom is -0.488 e. The third-order valence-corrected chi connectivity index (χ3v) is 3.40. The molecule has 116 valence electrons. The van der Waals surface area contributed by atoms with Crippen LogP contribution in [0.4, 0.5) is 13.2 Å². The summed E-state index contributed by atoms with van der Waals surface area (Å²) in [6.45, 7) is 1.13. The molecule has 22 heavy (non-hydrogen) atoms. The summed E-state index contributed by atoms with van der Waals surface area (Å²) in [4.78, 5) is 11.3. The minimum atomic E-state index is -4.71. The molecule has 0 radical (unpaired) electrons. The Morgan fingerprint density at radius 1 is 1.14 bits per heavy atom. The second kappa shape index (κ2) is 6.40. The maximum absolute atomic E-state index is 13.2. The molecule has 2 nitrogen and oxygen atoms in total. The zero-order valence-electron chi connectivity index (χ0n) is 11.6. The summed E-state index contributed by atoms with van der Waals surface area (Å²) < 4.78 is 44.9. The molecular formula is C16H12ClF3O2. The highest BCUT2D eigenvalue weighted by Crippen LogP contribution is 2.42. The summed E-state index contributed by atoms with van der Waals surface area (Å²) in [5, 5.41) is -0.634. The molecule has 6 heteroatoms. The molecule has 0 aliphatic carbocycles. The molecule has 0 saturated heterocycles. The Bertz CT molecular complexity index is 682. The maximum Gasteiger partial charge on any atom is 0.421 e. The van der Waals surface area contributed by atoms with E-state index in [0.29, 0.717) is 0 Å². The van der Waals surface area contributed by atoms with Crippen molar-refractivity contribution < 1.29 is 22.7 Å². The van der Waals surface area contributed by atoms with Crippen LogP contribution in [0.5, 0.6) is 5.75 Å². The molecule has 0 fully saturated rings. The van der Waals surface area contributed by atoms with Gasteiger partial charge in [0.2, 0.25) is 0 Å². The van der Waals surface area contributed by atoms with Gasteiger partial charge < -0.3 is 4.74 Å². The van der Waals surface area contributed by atoms with Crippen molar-refractivity contribution in [2.75, 3.05) is 0 Å². The predicted octanol–water partition coefficient (Wildman–Crippen LogP) is 5.14. The zero-order valence-corrected chi connectivity index (χ0v) is 12.3. The van der Waals surface area contributed by atoms with Gasteiger partial charge in [-0.2, -0.15) is 13.2 Å². The first-order chi connectivity index (χ1) is 10.3. The van der Waals surface area contributed by atoms with Crippen molar-refractivity contribution in [2.24, 2.45) is 0 Å². The lowest BCUT2D eigenvalue weighted by Gasteiger charge is -2.17. The minimum absolute atomic E-state index is 0.0281. The van der Waals surface area contributed by atoms with E-state index in [1.807, 2.05) is 0 Å². The van der Waals surface area contributed by atoms with Gasteiger partial charge in [0.15, 0.2) is 5.78 Å². The van der Waals surface area contributed by atoms with E-state index in [2.05, 4.69) is 0 Å². The summed E-state index contributed by atoms with van der Waals surface area (Å²) in [5.74, 6) is -0.934. The van der Waals surface area contributed by atoms with Gasteiger partial charge in [-0.25, -0.2) is 0 Å². The predicted molar refractivity (Wildman–Crippen MR) is 77.2 cm³/mol. The highest BCUT2D eigenvalue weighted by molar-refractivity contribution is 6.35. The lowest BCUT2D eigenvalue weighted by atomic mass is 10.1. The molecule has 2 rings (SSSR count). The van der Waals surface area contributed by atoms with Crippen LogP contribution in [0.1, 0.15) is 28.4 Å². The van der Waals surface area contributed by atoms with Crippen molar-refractivity contribution in [3.05, 3.63) is 64.2 Å². The van der Waals surface area contributed by atoms with Crippen LogP contribution in [0.25, 0.3) is 0 Å². The monoisotopic (exact) mass is 328 g/mol. The fraction of sp³-hybridized carbons (Fsp3) is 0.188. The largest absolute Gasteiger partial charge is 0.488 e. The molecule has 0 atom stereocenters. The third-order valence-electron chi connectivity index (χ3n) is 3.00. The van der Waals surface area contributed by atoms with E-state index < -0.39 is 28.3 Å². The average molecular weight is 329 g/mol. The van der Waals surface area contributed by atoms with Gasteiger partial charge in [-0.3, -0.25) is 4.79 Å². The number of ether oxygens (including phenoxy) is 1. The molecule has 2 aromatic rings. The molecule has 0 heterocycles. The highest BCUT2D eigenvalue weighted by atomic mass is 35.5. The van der Waals surface area contributed by atoms with E-state index in [4.69, 9.17) is 16.3 Å². The van der Waals surface area contributed by atoms with Crippen LogP contribution in [-0.2, 0) is 12.8 Å². The van der Waals surface area contributed by atoms with E-state index in [-0.39, 0.29) is 12.2 Å². The van der Waals surface area contributed by atoms with Crippen LogP contribution >= 0.6 is 11.6 Å². The van der Waals surface area contributed by atoms with Crippen molar-refractivity contribution in [2.45, 2.75) is 19.7 Å². The number of rotatable bonds is 4. The van der Waals surface area contributed by atoms with Crippen LogP contribution in [-0.4, -0.2) is 5.78 Å². The highest BCUT2D eigenvalue weighted by Gasteiger charge is 2.38. The number of Topliss-reactive ketones (excluding diaryl/α,β-unsaturated/α-hetero) is 1. The van der Waals surface area contributed by atoms with Gasteiger partial charge in [-0.05, 0) is 24.6 Å². The first kappa shape index (κ1) is 16.4. The second-order valence-corrected chi connectivity index (χ2v) is 5.01. The summed E-state index contributed by atoms with van der Waals surface area (Å²) in [6, 6.07) is 11.1. The van der Waals surface area contributed by atoms with Crippen molar-refractivity contribution >= 4 is 17.4 Å². The molecule has 0 aromatic heterocycles. The van der Waals surface area contributed by atoms with E-state index in [1.165, 1.54) is 6.07 Å². The van der Waals surface area contributed by atoms with Crippen LogP contribution in [0, 0.1) is 0 Å². The van der Waals surface area contributed by atoms with Crippen molar-refractivity contribution in [1.29, 1.82) is 0 Å². The number of ketones is 1. The fourth-order valence-corrected chi connectivity index (χ4v) is 2.35. The first-order valence-electron chi connectivity index (χ1n) is 6.38. The van der Waals surface area contributed by atoms with Gasteiger partial charge in [0.05, 0.1) is 5.02 Å². The molecule has 0 bridgehead atoms. The standard InChI is InChI=1S/C16H12ClF3O2/c1-10(21)12-7-8-13(14(15(12)17)16(18,19)20)22-9-11-5-3-2-4-6-11/h2-8H,9H2,1H3. The number of carbonyl (C=O) groups is 1. The Kier molecular flexibility index (Phi) is 4.76. The van der Waals surface area contributed by atoms with Crippen LogP contribution in [0.15, 0.2) is 42.5 Å². The van der Waals surface area contributed by atoms with Gasteiger partial charge in [-0.1, -0.05) is 41.9 Å². The topological polar surface area (TPSA) is 26.3 Å². The molecule has 0 amide bonds. The zero-order chi connectivity index (χ0) is 16.3. The number of alkyl halides is 3. The van der Waals surface area contributed by atoms with Gasteiger partial charge in [0.25, 0.3) is 0 Å². The van der Waals surface area contributed by atoms with E-state index in [1.54, 1.807) is 30.3 Å². The molecule has 0 saturated carbocycles. The van der Waals surface area contributed by atoms with Crippen LogP contribution < -0.4 is 4.74 Å². The molecule has 0 unspecified atom stereocenters. The summed E-state index contributed by atoms with van der Waals surface area (Å²) in [5.41, 5.74) is -0.582. The Morgan fingerprint density at radius 3 is 2.32 bits per heavy atom. The number of hydrogen-bond donors (Lipinski definition) is 0. The van der Waals surface area contributed by atoms with E-state index in [9.17, 15) is 18.0 Å². The van der Waals surface area contributed by atoms with E-state index in [0.717, 1.165) is 18.6 Å². The Morgan fingerprint density at radius 2 is 1.77 bits per heavy atom. The summed E-state index contributed by atoms with van der Waals surface area (Å²) in [6.07, 6.45) is -4.71. The molecule has 0 spiro atoms. The quantitative estimate of drug-likeness (QED) is 0.726. The van der Waals surface area contributed by atoms with Gasteiger partial charge in [0.1, 0.15) is 17.9 Å². The number of benzene rings is 2. The molecular weight excluding hydrogens is 317 g/mol.